The zero-order valence-electron chi connectivity index (χ0n) is 12.0. The number of carbonyl (C=O) groups excluding carboxylic acids is 1. The van der Waals surface area contributed by atoms with Crippen molar-refractivity contribution in [2.24, 2.45) is 0 Å². The highest BCUT2D eigenvalue weighted by Gasteiger charge is 2.04. The molecule has 0 aliphatic rings. The second kappa shape index (κ2) is 8.09. The van der Waals surface area contributed by atoms with Crippen LogP contribution in [0.2, 0.25) is 0 Å². The summed E-state index contributed by atoms with van der Waals surface area (Å²) in [7, 11) is 2.86. The third kappa shape index (κ3) is 5.22. The molecule has 5 heteroatoms. The Morgan fingerprint density at radius 3 is 2.75 bits per heavy atom. The van der Waals surface area contributed by atoms with E-state index >= 15 is 0 Å². The number of phenolic OH excluding ortho intramolecular Hbond substituents is 1. The van der Waals surface area contributed by atoms with E-state index in [2.05, 4.69) is 4.74 Å². The minimum Gasteiger partial charge on any atom is -0.508 e. The maximum Gasteiger partial charge on any atom is 0.508 e. The van der Waals surface area contributed by atoms with Gasteiger partial charge in [0.1, 0.15) is 18.1 Å². The van der Waals surface area contributed by atoms with Crippen molar-refractivity contribution in [2.45, 2.75) is 19.8 Å². The number of phenols is 1. The van der Waals surface area contributed by atoms with Gasteiger partial charge in [-0.3, -0.25) is 0 Å². The van der Waals surface area contributed by atoms with Crippen LogP contribution >= 0.6 is 0 Å². The van der Waals surface area contributed by atoms with Gasteiger partial charge in [0.25, 0.3) is 0 Å². The molecule has 0 spiro atoms. The molecule has 1 aromatic carbocycles. The average Bonchev–Trinajstić information content (AvgIpc) is 2.46. The fraction of sp³-hybridized carbons (Fsp3) is 0.400. The summed E-state index contributed by atoms with van der Waals surface area (Å²) in [5.41, 5.74) is 1.89. The molecule has 1 N–H and O–H groups in total. The van der Waals surface area contributed by atoms with Crippen LogP contribution in [-0.2, 0) is 15.9 Å². The highest BCUT2D eigenvalue weighted by Crippen LogP contribution is 2.24. The van der Waals surface area contributed by atoms with E-state index in [4.69, 9.17) is 9.47 Å². The zero-order valence-corrected chi connectivity index (χ0v) is 12.0. The molecule has 110 valence electrons. The van der Waals surface area contributed by atoms with Crippen LogP contribution in [0.15, 0.2) is 29.8 Å². The van der Waals surface area contributed by atoms with Gasteiger partial charge < -0.3 is 19.3 Å². The largest absolute Gasteiger partial charge is 0.508 e. The molecule has 0 atom stereocenters. The number of rotatable bonds is 6. The topological polar surface area (TPSA) is 65.0 Å². The van der Waals surface area contributed by atoms with E-state index in [0.717, 1.165) is 17.6 Å². The first-order chi connectivity index (χ1) is 9.56. The molecule has 0 aliphatic heterocycles. The smallest absolute Gasteiger partial charge is 0.508 e. The molecule has 20 heavy (non-hydrogen) atoms. The van der Waals surface area contributed by atoms with Gasteiger partial charge in [-0.15, -0.1) is 0 Å². The lowest BCUT2D eigenvalue weighted by Crippen LogP contribution is -2.04. The molecule has 1 rings (SSSR count). The number of benzene rings is 1. The van der Waals surface area contributed by atoms with Crippen LogP contribution in [0.3, 0.4) is 0 Å². The Morgan fingerprint density at radius 2 is 2.10 bits per heavy atom. The van der Waals surface area contributed by atoms with Gasteiger partial charge in [-0.1, -0.05) is 5.57 Å². The van der Waals surface area contributed by atoms with E-state index in [1.165, 1.54) is 7.11 Å². The van der Waals surface area contributed by atoms with Gasteiger partial charge in [0.2, 0.25) is 0 Å². The summed E-state index contributed by atoms with van der Waals surface area (Å²) in [6, 6.07) is 5.15. The van der Waals surface area contributed by atoms with Gasteiger partial charge in [-0.25, -0.2) is 4.79 Å². The van der Waals surface area contributed by atoms with Crippen molar-refractivity contribution < 1.29 is 24.1 Å². The molecule has 0 amide bonds. The first-order valence-electron chi connectivity index (χ1n) is 6.29. The van der Waals surface area contributed by atoms with Crippen molar-refractivity contribution >= 4 is 6.16 Å². The Bertz CT molecular complexity index is 479. The molecule has 1 aromatic rings. The predicted octanol–water partition coefficient (Wildman–Crippen LogP) is 3.06. The Kier molecular flexibility index (Phi) is 6.43. The van der Waals surface area contributed by atoms with E-state index in [1.807, 2.05) is 19.1 Å². The third-order valence-electron chi connectivity index (χ3n) is 2.87. The number of allylic oxidation sites excluding steroid dienone is 1. The summed E-state index contributed by atoms with van der Waals surface area (Å²) in [5, 5.41) is 9.76. The number of hydrogen-bond acceptors (Lipinski definition) is 5. The van der Waals surface area contributed by atoms with Gasteiger partial charge in [0, 0.05) is 0 Å². The predicted molar refractivity (Wildman–Crippen MR) is 75.1 cm³/mol. The van der Waals surface area contributed by atoms with Crippen molar-refractivity contribution in [1.82, 2.24) is 0 Å². The molecule has 0 aliphatic carbocycles. The summed E-state index contributed by atoms with van der Waals surface area (Å²) >= 11 is 0. The van der Waals surface area contributed by atoms with E-state index in [1.54, 1.807) is 19.2 Å². The van der Waals surface area contributed by atoms with Crippen molar-refractivity contribution in [3.05, 3.63) is 35.4 Å². The highest BCUT2D eigenvalue weighted by atomic mass is 16.7. The normalized spacial score (nSPS) is 11.1. The number of methoxy groups -OCH3 is 2. The standard InChI is InChI=1S/C15H20O5/c1-11(8-9-20-15(17)19-3)4-5-12-10-13(18-2)6-7-14(12)16/h6-8,10,16H,4-5,9H2,1-3H3/b11-8-. The maximum atomic E-state index is 10.8. The number of aryl methyl sites for hydroxylation is 1. The van der Waals surface area contributed by atoms with Crippen molar-refractivity contribution in [3.8, 4) is 11.5 Å². The Labute approximate surface area is 118 Å². The summed E-state index contributed by atoms with van der Waals surface area (Å²) < 4.78 is 14.3. The Balaban J connectivity index is 2.49. The molecular weight excluding hydrogens is 260 g/mol. The van der Waals surface area contributed by atoms with Crippen LogP contribution < -0.4 is 4.74 Å². The van der Waals surface area contributed by atoms with E-state index in [-0.39, 0.29) is 12.4 Å². The molecule has 0 saturated carbocycles. The Hall–Kier alpha value is -2.17. The molecular formula is C15H20O5. The minimum atomic E-state index is -0.695. The van der Waals surface area contributed by atoms with E-state index < -0.39 is 6.16 Å². The Morgan fingerprint density at radius 1 is 1.35 bits per heavy atom. The molecule has 0 heterocycles. The lowest BCUT2D eigenvalue weighted by atomic mass is 10.0. The van der Waals surface area contributed by atoms with Crippen LogP contribution in [0, 0.1) is 0 Å². The summed E-state index contributed by atoms with van der Waals surface area (Å²) in [5.74, 6) is 0.970. The van der Waals surface area contributed by atoms with Gasteiger partial charge in [0.15, 0.2) is 0 Å². The van der Waals surface area contributed by atoms with Crippen LogP contribution in [-0.4, -0.2) is 32.1 Å². The molecule has 0 bridgehead atoms. The van der Waals surface area contributed by atoms with Gasteiger partial charge in [-0.05, 0) is 49.6 Å². The first kappa shape index (κ1) is 15.9. The quantitative estimate of drug-likeness (QED) is 0.641. The monoisotopic (exact) mass is 280 g/mol. The highest BCUT2D eigenvalue weighted by molar-refractivity contribution is 5.59. The van der Waals surface area contributed by atoms with Gasteiger partial charge in [0.05, 0.1) is 14.2 Å². The summed E-state index contributed by atoms with van der Waals surface area (Å²) in [6.07, 6.45) is 2.56. The van der Waals surface area contributed by atoms with Crippen LogP contribution in [0.4, 0.5) is 4.79 Å². The zero-order chi connectivity index (χ0) is 15.0. The van der Waals surface area contributed by atoms with Crippen molar-refractivity contribution in [2.75, 3.05) is 20.8 Å². The number of aromatic hydroxyl groups is 1. The molecule has 0 fully saturated rings. The van der Waals surface area contributed by atoms with Crippen LogP contribution in [0.25, 0.3) is 0 Å². The first-order valence-corrected chi connectivity index (χ1v) is 6.29. The summed E-state index contributed by atoms with van der Waals surface area (Å²) in [4.78, 5) is 10.8. The SMILES string of the molecule is COC(=O)OC/C=C(/C)CCc1cc(OC)ccc1O. The molecule has 0 radical (unpaired) electrons. The average molecular weight is 280 g/mol. The maximum absolute atomic E-state index is 10.8. The van der Waals surface area contributed by atoms with Crippen LogP contribution in [0.1, 0.15) is 18.9 Å². The molecule has 0 aromatic heterocycles. The number of hydrogen-bond donors (Lipinski definition) is 1. The van der Waals surface area contributed by atoms with Gasteiger partial charge in [-0.2, -0.15) is 0 Å². The van der Waals surface area contributed by atoms with E-state index in [0.29, 0.717) is 12.2 Å². The molecule has 5 nitrogen and oxygen atoms in total. The number of carbonyl (C=O) groups is 1. The molecule has 0 saturated heterocycles. The van der Waals surface area contributed by atoms with Crippen LogP contribution in [0.5, 0.6) is 11.5 Å². The second-order valence-electron chi connectivity index (χ2n) is 4.31. The van der Waals surface area contributed by atoms with Crippen molar-refractivity contribution in [3.63, 3.8) is 0 Å². The fourth-order valence-electron chi connectivity index (χ4n) is 1.63. The van der Waals surface area contributed by atoms with Gasteiger partial charge >= 0.3 is 6.16 Å². The second-order valence-corrected chi connectivity index (χ2v) is 4.31. The lowest BCUT2D eigenvalue weighted by molar-refractivity contribution is 0.0816. The minimum absolute atomic E-state index is 0.183. The number of ether oxygens (including phenoxy) is 3. The third-order valence-corrected chi connectivity index (χ3v) is 2.87. The van der Waals surface area contributed by atoms with Crippen molar-refractivity contribution in [1.29, 1.82) is 0 Å². The molecule has 0 unspecified atom stereocenters. The lowest BCUT2D eigenvalue weighted by Gasteiger charge is -2.07. The van der Waals surface area contributed by atoms with E-state index in [9.17, 15) is 9.90 Å². The fourth-order valence-corrected chi connectivity index (χ4v) is 1.63. The summed E-state index contributed by atoms with van der Waals surface area (Å²) in [6.45, 7) is 2.13.